The summed E-state index contributed by atoms with van der Waals surface area (Å²) < 4.78 is 0. The van der Waals surface area contributed by atoms with Crippen LogP contribution in [0.2, 0.25) is 0 Å². The monoisotopic (exact) mass is 271 g/mol. The SMILES string of the molecule is CC(C)C(=O)N1CCN(Cc2cccc(C#N)c2)CC1. The van der Waals surface area contributed by atoms with Gasteiger partial charge in [0.25, 0.3) is 0 Å². The second kappa shape index (κ2) is 6.53. The number of benzene rings is 1. The highest BCUT2D eigenvalue weighted by Gasteiger charge is 2.22. The molecule has 2 rings (SSSR count). The fourth-order valence-corrected chi connectivity index (χ4v) is 2.49. The van der Waals surface area contributed by atoms with Crippen LogP contribution >= 0.6 is 0 Å². The van der Waals surface area contributed by atoms with E-state index in [2.05, 4.69) is 11.0 Å². The topological polar surface area (TPSA) is 47.3 Å². The average molecular weight is 271 g/mol. The Labute approximate surface area is 120 Å². The molecular weight excluding hydrogens is 250 g/mol. The highest BCUT2D eigenvalue weighted by atomic mass is 16.2. The van der Waals surface area contributed by atoms with Gasteiger partial charge in [-0.05, 0) is 17.7 Å². The number of amides is 1. The minimum Gasteiger partial charge on any atom is -0.340 e. The molecule has 0 bridgehead atoms. The van der Waals surface area contributed by atoms with Crippen LogP contribution in [-0.4, -0.2) is 41.9 Å². The van der Waals surface area contributed by atoms with E-state index in [4.69, 9.17) is 5.26 Å². The maximum atomic E-state index is 11.9. The molecule has 106 valence electrons. The van der Waals surface area contributed by atoms with Crippen molar-refractivity contribution in [3.63, 3.8) is 0 Å². The Balaban J connectivity index is 1.88. The van der Waals surface area contributed by atoms with Crippen molar-refractivity contribution in [1.29, 1.82) is 5.26 Å². The van der Waals surface area contributed by atoms with Crippen LogP contribution < -0.4 is 0 Å². The molecule has 4 nitrogen and oxygen atoms in total. The lowest BCUT2D eigenvalue weighted by Gasteiger charge is -2.35. The molecule has 0 atom stereocenters. The number of nitriles is 1. The second-order valence-electron chi connectivity index (χ2n) is 5.57. The quantitative estimate of drug-likeness (QED) is 0.843. The molecule has 1 heterocycles. The molecule has 1 aliphatic rings. The van der Waals surface area contributed by atoms with Gasteiger partial charge in [-0.25, -0.2) is 0 Å². The first-order valence-electron chi connectivity index (χ1n) is 7.10. The molecular formula is C16H21N3O. The van der Waals surface area contributed by atoms with Gasteiger partial charge in [0.05, 0.1) is 11.6 Å². The smallest absolute Gasteiger partial charge is 0.225 e. The Hall–Kier alpha value is -1.86. The summed E-state index contributed by atoms with van der Waals surface area (Å²) in [6, 6.07) is 9.90. The number of piperazine rings is 1. The zero-order chi connectivity index (χ0) is 14.5. The van der Waals surface area contributed by atoms with Crippen molar-refractivity contribution in [2.75, 3.05) is 26.2 Å². The molecule has 20 heavy (non-hydrogen) atoms. The highest BCUT2D eigenvalue weighted by molar-refractivity contribution is 5.78. The molecule has 1 fully saturated rings. The fraction of sp³-hybridized carbons (Fsp3) is 0.500. The maximum absolute atomic E-state index is 11.9. The Bertz CT molecular complexity index is 511. The number of carbonyl (C=O) groups excluding carboxylic acids is 1. The molecule has 0 unspecified atom stereocenters. The van der Waals surface area contributed by atoms with E-state index in [1.54, 1.807) is 0 Å². The third kappa shape index (κ3) is 3.58. The average Bonchev–Trinajstić information content (AvgIpc) is 2.47. The van der Waals surface area contributed by atoms with E-state index in [1.165, 1.54) is 0 Å². The summed E-state index contributed by atoms with van der Waals surface area (Å²) in [5.74, 6) is 0.324. The summed E-state index contributed by atoms with van der Waals surface area (Å²) in [4.78, 5) is 16.2. The summed E-state index contributed by atoms with van der Waals surface area (Å²) >= 11 is 0. The summed E-state index contributed by atoms with van der Waals surface area (Å²) in [6.07, 6.45) is 0. The Morgan fingerprint density at radius 2 is 2.00 bits per heavy atom. The number of nitrogens with zero attached hydrogens (tertiary/aromatic N) is 3. The molecule has 0 radical (unpaired) electrons. The van der Waals surface area contributed by atoms with Crippen LogP contribution in [0.4, 0.5) is 0 Å². The standard InChI is InChI=1S/C16H21N3O/c1-13(2)16(20)19-8-6-18(7-9-19)12-15-5-3-4-14(10-15)11-17/h3-5,10,13H,6-9,12H2,1-2H3. The van der Waals surface area contributed by atoms with Crippen molar-refractivity contribution in [3.8, 4) is 6.07 Å². The van der Waals surface area contributed by atoms with E-state index in [1.807, 2.05) is 43.0 Å². The van der Waals surface area contributed by atoms with Gasteiger partial charge >= 0.3 is 0 Å². The van der Waals surface area contributed by atoms with Crippen LogP contribution in [0.3, 0.4) is 0 Å². The molecule has 1 aromatic rings. The van der Waals surface area contributed by atoms with E-state index in [9.17, 15) is 4.79 Å². The Morgan fingerprint density at radius 3 is 2.60 bits per heavy atom. The molecule has 0 spiro atoms. The molecule has 0 saturated carbocycles. The number of rotatable bonds is 3. The highest BCUT2D eigenvalue weighted by Crippen LogP contribution is 2.12. The summed E-state index contributed by atoms with van der Waals surface area (Å²) in [6.45, 7) is 8.14. The fourth-order valence-electron chi connectivity index (χ4n) is 2.49. The Morgan fingerprint density at radius 1 is 1.30 bits per heavy atom. The van der Waals surface area contributed by atoms with Crippen molar-refractivity contribution < 1.29 is 4.79 Å². The predicted molar refractivity (Wildman–Crippen MR) is 77.9 cm³/mol. The lowest BCUT2D eigenvalue weighted by molar-refractivity contribution is -0.136. The summed E-state index contributed by atoms with van der Waals surface area (Å²) in [7, 11) is 0. The van der Waals surface area contributed by atoms with Crippen LogP contribution in [-0.2, 0) is 11.3 Å². The van der Waals surface area contributed by atoms with Crippen LogP contribution in [0.15, 0.2) is 24.3 Å². The van der Waals surface area contributed by atoms with Crippen LogP contribution in [0, 0.1) is 17.2 Å². The first kappa shape index (κ1) is 14.5. The molecule has 0 N–H and O–H groups in total. The molecule has 1 saturated heterocycles. The van der Waals surface area contributed by atoms with Gasteiger partial charge in [0.15, 0.2) is 0 Å². The van der Waals surface area contributed by atoms with Gasteiger partial charge in [0, 0.05) is 38.6 Å². The molecule has 1 amide bonds. The maximum Gasteiger partial charge on any atom is 0.225 e. The minimum atomic E-state index is 0.0776. The predicted octanol–water partition coefficient (Wildman–Crippen LogP) is 1.86. The van der Waals surface area contributed by atoms with E-state index < -0.39 is 0 Å². The number of hydrogen-bond acceptors (Lipinski definition) is 3. The Kier molecular flexibility index (Phi) is 4.75. The van der Waals surface area contributed by atoms with Gasteiger partial charge in [-0.15, -0.1) is 0 Å². The van der Waals surface area contributed by atoms with E-state index in [0.29, 0.717) is 5.56 Å². The summed E-state index contributed by atoms with van der Waals surface area (Å²) in [5, 5.41) is 8.91. The summed E-state index contributed by atoms with van der Waals surface area (Å²) in [5.41, 5.74) is 1.86. The molecule has 1 aliphatic heterocycles. The third-order valence-corrected chi connectivity index (χ3v) is 3.64. The number of carbonyl (C=O) groups is 1. The van der Waals surface area contributed by atoms with Crippen molar-refractivity contribution in [2.45, 2.75) is 20.4 Å². The van der Waals surface area contributed by atoms with E-state index in [-0.39, 0.29) is 11.8 Å². The first-order chi connectivity index (χ1) is 9.60. The van der Waals surface area contributed by atoms with Crippen molar-refractivity contribution >= 4 is 5.91 Å². The van der Waals surface area contributed by atoms with Gasteiger partial charge in [-0.2, -0.15) is 5.26 Å². The van der Waals surface area contributed by atoms with Gasteiger partial charge < -0.3 is 4.90 Å². The minimum absolute atomic E-state index is 0.0776. The van der Waals surface area contributed by atoms with E-state index >= 15 is 0 Å². The zero-order valence-electron chi connectivity index (χ0n) is 12.2. The molecule has 4 heteroatoms. The van der Waals surface area contributed by atoms with Gasteiger partial charge in [-0.1, -0.05) is 26.0 Å². The van der Waals surface area contributed by atoms with Crippen molar-refractivity contribution in [2.24, 2.45) is 5.92 Å². The van der Waals surface area contributed by atoms with Gasteiger partial charge in [0.2, 0.25) is 5.91 Å². The lowest BCUT2D eigenvalue weighted by Crippen LogP contribution is -2.49. The molecule has 0 aliphatic carbocycles. The lowest BCUT2D eigenvalue weighted by atomic mass is 10.1. The third-order valence-electron chi connectivity index (χ3n) is 3.64. The first-order valence-corrected chi connectivity index (χ1v) is 7.10. The largest absolute Gasteiger partial charge is 0.340 e. The van der Waals surface area contributed by atoms with Crippen molar-refractivity contribution in [1.82, 2.24) is 9.80 Å². The van der Waals surface area contributed by atoms with Gasteiger partial charge in [-0.3, -0.25) is 9.69 Å². The normalized spacial score (nSPS) is 16.2. The van der Waals surface area contributed by atoms with Crippen LogP contribution in [0.25, 0.3) is 0 Å². The van der Waals surface area contributed by atoms with Crippen LogP contribution in [0.5, 0.6) is 0 Å². The van der Waals surface area contributed by atoms with E-state index in [0.717, 1.165) is 38.3 Å². The molecule has 0 aromatic heterocycles. The zero-order valence-corrected chi connectivity index (χ0v) is 12.2. The molecule has 1 aromatic carbocycles. The van der Waals surface area contributed by atoms with Crippen LogP contribution in [0.1, 0.15) is 25.0 Å². The van der Waals surface area contributed by atoms with Crippen molar-refractivity contribution in [3.05, 3.63) is 35.4 Å². The second-order valence-corrected chi connectivity index (χ2v) is 5.57. The number of hydrogen-bond donors (Lipinski definition) is 0. The van der Waals surface area contributed by atoms with Gasteiger partial charge in [0.1, 0.15) is 0 Å².